The Morgan fingerprint density at radius 3 is 2.63 bits per heavy atom. The number of carboxylic acid groups (broad SMARTS) is 1. The first kappa shape index (κ1) is 23.3. The smallest absolute Gasteiger partial charge is 0.310 e. The Morgan fingerprint density at radius 2 is 1.93 bits per heavy atom. The molecule has 0 aromatic carbocycles. The molecule has 162 valence electrons. The van der Waals surface area contributed by atoms with Gasteiger partial charge in [0, 0.05) is 19.5 Å². The fourth-order valence-electron chi connectivity index (χ4n) is 2.72. The number of nitrogens with zero attached hydrogens (tertiary/aromatic N) is 1. The zero-order valence-electron chi connectivity index (χ0n) is 17.2. The van der Waals surface area contributed by atoms with Crippen molar-refractivity contribution in [3.8, 4) is 16.3 Å². The average molecular weight is 434 g/mol. The number of anilines is 1. The van der Waals surface area contributed by atoms with E-state index >= 15 is 0 Å². The maximum atomic E-state index is 12.3. The number of aromatic nitrogens is 1. The molecule has 8 nitrogen and oxygen atoms in total. The van der Waals surface area contributed by atoms with Crippen LogP contribution in [0.25, 0.3) is 10.6 Å². The monoisotopic (exact) mass is 433 g/mol. The summed E-state index contributed by atoms with van der Waals surface area (Å²) >= 11 is 1.33. The molecule has 2 heterocycles. The SMILES string of the molecule is CCCCCNC(=O)c1ccc(-c2nc(NCCC(=O)CC(=O)O)ccc2OC)s1. The Bertz CT molecular complexity index is 881. The van der Waals surface area contributed by atoms with Crippen LogP contribution in [0, 0.1) is 0 Å². The number of methoxy groups -OCH3 is 1. The van der Waals surface area contributed by atoms with E-state index in [0.29, 0.717) is 28.7 Å². The molecule has 2 rings (SSSR count). The van der Waals surface area contributed by atoms with Crippen LogP contribution < -0.4 is 15.4 Å². The minimum Gasteiger partial charge on any atom is -0.494 e. The summed E-state index contributed by atoms with van der Waals surface area (Å²) in [5, 5.41) is 14.6. The van der Waals surface area contributed by atoms with Crippen molar-refractivity contribution in [1.82, 2.24) is 10.3 Å². The van der Waals surface area contributed by atoms with Crippen LogP contribution in [-0.4, -0.2) is 47.9 Å². The van der Waals surface area contributed by atoms with E-state index in [2.05, 4.69) is 22.5 Å². The molecule has 0 aliphatic rings. The summed E-state index contributed by atoms with van der Waals surface area (Å²) in [4.78, 5) is 40.3. The lowest BCUT2D eigenvalue weighted by Crippen LogP contribution is -2.23. The zero-order chi connectivity index (χ0) is 21.9. The molecule has 0 fully saturated rings. The van der Waals surface area contributed by atoms with E-state index in [1.54, 1.807) is 25.3 Å². The minimum absolute atomic E-state index is 0.0939. The fourth-order valence-corrected chi connectivity index (χ4v) is 3.64. The molecule has 0 saturated carbocycles. The second-order valence-corrected chi connectivity index (χ2v) is 7.74. The molecule has 0 spiro atoms. The van der Waals surface area contributed by atoms with Gasteiger partial charge in [-0.25, -0.2) is 4.98 Å². The largest absolute Gasteiger partial charge is 0.494 e. The van der Waals surface area contributed by atoms with E-state index in [-0.39, 0.29) is 24.7 Å². The van der Waals surface area contributed by atoms with Crippen LogP contribution in [0.15, 0.2) is 24.3 Å². The van der Waals surface area contributed by atoms with Gasteiger partial charge in [-0.3, -0.25) is 14.4 Å². The molecule has 0 saturated heterocycles. The summed E-state index contributed by atoms with van der Waals surface area (Å²) < 4.78 is 5.40. The lowest BCUT2D eigenvalue weighted by molar-refractivity contribution is -0.140. The van der Waals surface area contributed by atoms with Crippen LogP contribution in [-0.2, 0) is 9.59 Å². The Morgan fingerprint density at radius 1 is 1.13 bits per heavy atom. The van der Waals surface area contributed by atoms with Gasteiger partial charge in [-0.1, -0.05) is 19.8 Å². The van der Waals surface area contributed by atoms with Crippen molar-refractivity contribution in [3.63, 3.8) is 0 Å². The van der Waals surface area contributed by atoms with E-state index in [9.17, 15) is 14.4 Å². The third-order valence-corrected chi connectivity index (χ3v) is 5.36. The number of Topliss-reactive ketones (excluding diaryl/α,β-unsaturated/α-hetero) is 1. The quantitative estimate of drug-likeness (QED) is 0.326. The van der Waals surface area contributed by atoms with Crippen LogP contribution in [0.1, 0.15) is 48.7 Å². The second kappa shape index (κ2) is 11.9. The standard InChI is InChI=1S/C21H27N3O5S/c1-3-4-5-11-23-21(28)17-8-7-16(30-17)20-15(29-2)6-9-18(24-20)22-12-10-14(25)13-19(26)27/h6-9H,3-5,10-13H2,1-2H3,(H,22,24)(H,23,28)(H,26,27). The number of ketones is 1. The van der Waals surface area contributed by atoms with Crippen molar-refractivity contribution < 1.29 is 24.2 Å². The first-order valence-electron chi connectivity index (χ1n) is 9.85. The summed E-state index contributed by atoms with van der Waals surface area (Å²) in [7, 11) is 1.55. The molecular weight excluding hydrogens is 406 g/mol. The number of unbranched alkanes of at least 4 members (excludes halogenated alkanes) is 2. The summed E-state index contributed by atoms with van der Waals surface area (Å²) in [6.45, 7) is 3.05. The van der Waals surface area contributed by atoms with Gasteiger partial charge in [0.05, 0.1) is 16.9 Å². The van der Waals surface area contributed by atoms with Gasteiger partial charge in [0.2, 0.25) is 0 Å². The van der Waals surface area contributed by atoms with Crippen LogP contribution in [0.3, 0.4) is 0 Å². The van der Waals surface area contributed by atoms with Crippen molar-refractivity contribution in [1.29, 1.82) is 0 Å². The molecule has 0 aliphatic heterocycles. The van der Waals surface area contributed by atoms with Gasteiger partial charge in [0.1, 0.15) is 29.5 Å². The van der Waals surface area contributed by atoms with Gasteiger partial charge in [0.25, 0.3) is 5.91 Å². The molecule has 0 bridgehead atoms. The number of carbonyl (C=O) groups is 3. The van der Waals surface area contributed by atoms with Crippen molar-refractivity contribution in [2.45, 2.75) is 39.0 Å². The maximum absolute atomic E-state index is 12.3. The molecule has 0 atom stereocenters. The third kappa shape index (κ3) is 7.14. The highest BCUT2D eigenvalue weighted by atomic mass is 32.1. The molecule has 3 N–H and O–H groups in total. The Kier molecular flexibility index (Phi) is 9.27. The number of ether oxygens (including phenoxy) is 1. The van der Waals surface area contributed by atoms with Gasteiger partial charge < -0.3 is 20.5 Å². The summed E-state index contributed by atoms with van der Waals surface area (Å²) in [6.07, 6.45) is 2.75. The highest BCUT2D eigenvalue weighted by molar-refractivity contribution is 7.17. The number of thiophene rings is 1. The molecule has 30 heavy (non-hydrogen) atoms. The number of carbonyl (C=O) groups excluding carboxylic acids is 2. The number of rotatable bonds is 13. The second-order valence-electron chi connectivity index (χ2n) is 6.66. The third-order valence-electron chi connectivity index (χ3n) is 4.27. The van der Waals surface area contributed by atoms with Gasteiger partial charge in [-0.05, 0) is 30.7 Å². The van der Waals surface area contributed by atoms with Crippen LogP contribution in [0.4, 0.5) is 5.82 Å². The summed E-state index contributed by atoms with van der Waals surface area (Å²) in [5.41, 5.74) is 0.592. The fraction of sp³-hybridized carbons (Fsp3) is 0.429. The highest BCUT2D eigenvalue weighted by Crippen LogP contribution is 2.34. The van der Waals surface area contributed by atoms with Crippen LogP contribution in [0.5, 0.6) is 5.75 Å². The predicted octanol–water partition coefficient (Wildman–Crippen LogP) is 3.58. The predicted molar refractivity (Wildman–Crippen MR) is 116 cm³/mol. The Balaban J connectivity index is 2.04. The first-order chi connectivity index (χ1) is 14.4. The molecular formula is C21H27N3O5S. The number of hydrogen-bond acceptors (Lipinski definition) is 7. The number of pyridine rings is 1. The first-order valence-corrected chi connectivity index (χ1v) is 10.7. The Hall–Kier alpha value is -2.94. The molecule has 2 aromatic rings. The summed E-state index contributed by atoms with van der Waals surface area (Å²) in [5.74, 6) is -0.482. The number of carboxylic acids is 1. The zero-order valence-corrected chi connectivity index (χ0v) is 18.0. The number of nitrogens with one attached hydrogen (secondary N) is 2. The van der Waals surface area contributed by atoms with E-state index < -0.39 is 12.4 Å². The average Bonchev–Trinajstić information content (AvgIpc) is 3.20. The normalized spacial score (nSPS) is 10.5. The van der Waals surface area contributed by atoms with Crippen molar-refractivity contribution in [3.05, 3.63) is 29.1 Å². The lowest BCUT2D eigenvalue weighted by atomic mass is 10.2. The molecule has 0 unspecified atom stereocenters. The maximum Gasteiger partial charge on any atom is 0.310 e. The molecule has 0 aliphatic carbocycles. The van der Waals surface area contributed by atoms with Crippen molar-refractivity contribution >= 4 is 34.8 Å². The lowest BCUT2D eigenvalue weighted by Gasteiger charge is -2.10. The van der Waals surface area contributed by atoms with Gasteiger partial charge >= 0.3 is 5.97 Å². The molecule has 0 radical (unpaired) electrons. The number of amides is 1. The highest BCUT2D eigenvalue weighted by Gasteiger charge is 2.15. The van der Waals surface area contributed by atoms with E-state index in [1.807, 2.05) is 6.07 Å². The van der Waals surface area contributed by atoms with Crippen molar-refractivity contribution in [2.75, 3.05) is 25.5 Å². The minimum atomic E-state index is -1.13. The molecule has 1 amide bonds. The van der Waals surface area contributed by atoms with Crippen LogP contribution in [0.2, 0.25) is 0 Å². The number of hydrogen-bond donors (Lipinski definition) is 3. The van der Waals surface area contributed by atoms with E-state index in [0.717, 1.165) is 24.1 Å². The van der Waals surface area contributed by atoms with Crippen molar-refractivity contribution in [2.24, 2.45) is 0 Å². The molecule has 2 aromatic heterocycles. The summed E-state index contributed by atoms with van der Waals surface area (Å²) in [6, 6.07) is 7.07. The van der Waals surface area contributed by atoms with E-state index in [4.69, 9.17) is 9.84 Å². The van der Waals surface area contributed by atoms with E-state index in [1.165, 1.54) is 11.3 Å². The Labute approximate surface area is 179 Å². The topological polar surface area (TPSA) is 118 Å². The molecule has 9 heteroatoms. The van der Waals surface area contributed by atoms with Crippen LogP contribution >= 0.6 is 11.3 Å². The van der Waals surface area contributed by atoms with Gasteiger partial charge in [-0.15, -0.1) is 11.3 Å². The number of aliphatic carboxylic acids is 1. The van der Waals surface area contributed by atoms with Gasteiger partial charge in [-0.2, -0.15) is 0 Å². The van der Waals surface area contributed by atoms with Gasteiger partial charge in [0.15, 0.2) is 0 Å².